The third kappa shape index (κ3) is 3.25. The summed E-state index contributed by atoms with van der Waals surface area (Å²) in [4.78, 5) is 13.0. The maximum Gasteiger partial charge on any atom is 0.416 e. The van der Waals surface area contributed by atoms with E-state index in [-0.39, 0.29) is 10.9 Å². The summed E-state index contributed by atoms with van der Waals surface area (Å²) in [6.07, 6.45) is 0.610. The summed E-state index contributed by atoms with van der Waals surface area (Å²) >= 11 is 4.96. The molecule has 0 amide bonds. The number of H-pyrrole nitrogens is 1. The molecule has 3 aromatic rings. The van der Waals surface area contributed by atoms with Crippen LogP contribution in [0.15, 0.2) is 30.7 Å². The number of rotatable bonds is 4. The Bertz CT molecular complexity index is 1060. The molecule has 3 heterocycles. The molecule has 1 aliphatic rings. The normalized spacial score (nSPS) is 15.3. The number of nitrogens with one attached hydrogen (secondary N) is 1. The predicted octanol–water partition coefficient (Wildman–Crippen LogP) is 2.85. The van der Waals surface area contributed by atoms with Crippen molar-refractivity contribution in [2.45, 2.75) is 12.5 Å². The molecule has 0 spiro atoms. The van der Waals surface area contributed by atoms with Crippen LogP contribution in [0.5, 0.6) is 5.75 Å². The van der Waals surface area contributed by atoms with E-state index < -0.39 is 12.7 Å². The zero-order valence-corrected chi connectivity index (χ0v) is 15.7. The highest BCUT2D eigenvalue weighted by atomic mass is 32.1. The minimum absolute atomic E-state index is 0.00627. The molecule has 3 N–H and O–H groups in total. The van der Waals surface area contributed by atoms with Gasteiger partial charge in [0.2, 0.25) is 0 Å². The molecule has 0 saturated heterocycles. The zero-order chi connectivity index (χ0) is 19.9. The van der Waals surface area contributed by atoms with E-state index in [4.69, 9.17) is 27.4 Å². The maximum atomic E-state index is 13.8. The van der Waals surface area contributed by atoms with E-state index in [1.165, 1.54) is 17.3 Å². The second kappa shape index (κ2) is 6.95. The standard InChI is InChI=1S/C18H17F2N5O2S/c1-26-5-4-11-7-22-16-14(11)15(23-9-24-16)10-2-3-13-12(6-10)25(17(21)28)8-18(19,20)27-13/h2-3,6-7,9H,4-5,8H2,1H3,(H2,21,28)(H,22,23,24). The third-order valence-corrected chi connectivity index (χ3v) is 4.74. The summed E-state index contributed by atoms with van der Waals surface area (Å²) in [5, 5.41) is 0.695. The van der Waals surface area contributed by atoms with Gasteiger partial charge in [-0.25, -0.2) is 9.97 Å². The molecule has 10 heteroatoms. The van der Waals surface area contributed by atoms with Gasteiger partial charge in [-0.2, -0.15) is 8.78 Å². The SMILES string of the molecule is COCCc1c[nH]c2ncnc(-c3ccc4c(c3)N(C(N)=S)CC(F)(F)O4)c12. The van der Waals surface area contributed by atoms with Gasteiger partial charge in [-0.1, -0.05) is 0 Å². The Morgan fingerprint density at radius 2 is 2.25 bits per heavy atom. The molecule has 4 rings (SSSR count). The molecule has 0 fully saturated rings. The minimum atomic E-state index is -3.38. The highest BCUT2D eigenvalue weighted by Gasteiger charge is 2.41. The van der Waals surface area contributed by atoms with Gasteiger partial charge < -0.3 is 25.1 Å². The number of thiocarbonyl (C=S) groups is 1. The number of methoxy groups -OCH3 is 1. The Hall–Kier alpha value is -2.85. The number of nitrogens with zero attached hydrogens (tertiary/aromatic N) is 3. The fourth-order valence-corrected chi connectivity index (χ4v) is 3.44. The molecule has 0 radical (unpaired) electrons. The van der Waals surface area contributed by atoms with Crippen molar-refractivity contribution in [3.63, 3.8) is 0 Å². The van der Waals surface area contributed by atoms with Gasteiger partial charge in [0.05, 0.1) is 18.0 Å². The summed E-state index contributed by atoms with van der Waals surface area (Å²) in [6.45, 7) is -0.204. The van der Waals surface area contributed by atoms with E-state index in [1.807, 2.05) is 6.20 Å². The van der Waals surface area contributed by atoms with Gasteiger partial charge >= 0.3 is 6.11 Å². The van der Waals surface area contributed by atoms with Crippen molar-refractivity contribution < 1.29 is 18.3 Å². The Morgan fingerprint density at radius 1 is 1.43 bits per heavy atom. The number of anilines is 1. The summed E-state index contributed by atoms with van der Waals surface area (Å²) in [5.74, 6) is 0.00627. The molecule has 0 atom stereocenters. The van der Waals surface area contributed by atoms with E-state index in [0.717, 1.165) is 10.9 Å². The topological polar surface area (TPSA) is 89.3 Å². The largest absolute Gasteiger partial charge is 0.429 e. The molecule has 0 aliphatic carbocycles. The summed E-state index contributed by atoms with van der Waals surface area (Å²) < 4.78 is 37.6. The molecule has 1 aromatic carbocycles. The maximum absolute atomic E-state index is 13.8. The third-order valence-electron chi connectivity index (χ3n) is 4.52. The lowest BCUT2D eigenvalue weighted by Gasteiger charge is -2.34. The van der Waals surface area contributed by atoms with Crippen molar-refractivity contribution in [1.82, 2.24) is 15.0 Å². The zero-order valence-electron chi connectivity index (χ0n) is 14.9. The number of hydrogen-bond donors (Lipinski definition) is 2. The Labute approximate surface area is 164 Å². The molecule has 1 aliphatic heterocycles. The Balaban J connectivity index is 1.84. The van der Waals surface area contributed by atoms with Crippen molar-refractivity contribution in [2.24, 2.45) is 5.73 Å². The minimum Gasteiger partial charge on any atom is -0.429 e. The number of benzene rings is 1. The summed E-state index contributed by atoms with van der Waals surface area (Å²) in [5.41, 5.74) is 9.10. The fraction of sp³-hybridized carbons (Fsp3) is 0.278. The predicted molar refractivity (Wildman–Crippen MR) is 105 cm³/mol. The lowest BCUT2D eigenvalue weighted by molar-refractivity contribution is -0.170. The average Bonchev–Trinajstić information content (AvgIpc) is 3.08. The first-order valence-electron chi connectivity index (χ1n) is 8.48. The van der Waals surface area contributed by atoms with E-state index in [9.17, 15) is 8.78 Å². The van der Waals surface area contributed by atoms with Gasteiger partial charge in [0.1, 0.15) is 24.3 Å². The fourth-order valence-electron chi connectivity index (χ4n) is 3.28. The van der Waals surface area contributed by atoms with Crippen LogP contribution in [0.25, 0.3) is 22.3 Å². The number of alkyl halides is 2. The van der Waals surface area contributed by atoms with Crippen LogP contribution < -0.4 is 15.4 Å². The number of aromatic nitrogens is 3. The van der Waals surface area contributed by atoms with E-state index in [2.05, 4.69) is 15.0 Å². The molecule has 0 bridgehead atoms. The van der Waals surface area contributed by atoms with Crippen LogP contribution in [0.3, 0.4) is 0 Å². The van der Waals surface area contributed by atoms with Gasteiger partial charge in [0, 0.05) is 24.3 Å². The number of hydrogen-bond acceptors (Lipinski definition) is 5. The van der Waals surface area contributed by atoms with Crippen LogP contribution >= 0.6 is 12.2 Å². The van der Waals surface area contributed by atoms with Crippen molar-refractivity contribution in [3.05, 3.63) is 36.3 Å². The Morgan fingerprint density at radius 3 is 3.00 bits per heavy atom. The van der Waals surface area contributed by atoms with Crippen LogP contribution in [0.4, 0.5) is 14.5 Å². The molecule has 7 nitrogen and oxygen atoms in total. The molecule has 28 heavy (non-hydrogen) atoms. The van der Waals surface area contributed by atoms with Crippen LogP contribution in [-0.4, -0.2) is 46.4 Å². The van der Waals surface area contributed by atoms with Crippen molar-refractivity contribution in [1.29, 1.82) is 0 Å². The van der Waals surface area contributed by atoms with Crippen molar-refractivity contribution in [2.75, 3.05) is 25.2 Å². The van der Waals surface area contributed by atoms with Gasteiger partial charge in [-0.05, 0) is 42.4 Å². The van der Waals surface area contributed by atoms with Crippen molar-refractivity contribution in [3.8, 4) is 17.0 Å². The Kier molecular flexibility index (Phi) is 4.60. The van der Waals surface area contributed by atoms with Gasteiger partial charge in [-0.3, -0.25) is 0 Å². The van der Waals surface area contributed by atoms with E-state index in [1.54, 1.807) is 19.2 Å². The molecular formula is C18H17F2N5O2S. The number of aromatic amines is 1. The molecule has 2 aromatic heterocycles. The summed E-state index contributed by atoms with van der Waals surface area (Å²) in [7, 11) is 1.63. The number of nitrogens with two attached hydrogens (primary N) is 1. The first kappa shape index (κ1) is 18.5. The summed E-state index contributed by atoms with van der Waals surface area (Å²) in [6, 6.07) is 4.84. The smallest absolute Gasteiger partial charge is 0.416 e. The van der Waals surface area contributed by atoms with Gasteiger partial charge in [0.15, 0.2) is 5.11 Å². The molecule has 0 saturated carbocycles. The number of fused-ring (bicyclic) bond motifs is 2. The number of halogens is 2. The van der Waals surface area contributed by atoms with Crippen LogP contribution in [0.1, 0.15) is 5.56 Å². The highest BCUT2D eigenvalue weighted by molar-refractivity contribution is 7.80. The van der Waals surface area contributed by atoms with E-state index in [0.29, 0.717) is 35.6 Å². The average molecular weight is 405 g/mol. The number of ether oxygens (including phenoxy) is 2. The molecule has 0 unspecified atom stereocenters. The molecular weight excluding hydrogens is 388 g/mol. The highest BCUT2D eigenvalue weighted by Crippen LogP contribution is 2.41. The molecule has 146 valence electrons. The second-order valence-electron chi connectivity index (χ2n) is 6.35. The lowest BCUT2D eigenvalue weighted by Crippen LogP contribution is -2.49. The van der Waals surface area contributed by atoms with Crippen LogP contribution in [-0.2, 0) is 11.2 Å². The van der Waals surface area contributed by atoms with Gasteiger partial charge in [-0.15, -0.1) is 0 Å². The first-order valence-corrected chi connectivity index (χ1v) is 8.88. The van der Waals surface area contributed by atoms with Crippen molar-refractivity contribution >= 4 is 34.1 Å². The van der Waals surface area contributed by atoms with E-state index >= 15 is 0 Å². The monoisotopic (exact) mass is 405 g/mol. The van der Waals surface area contributed by atoms with Crippen LogP contribution in [0, 0.1) is 0 Å². The van der Waals surface area contributed by atoms with Crippen LogP contribution in [0.2, 0.25) is 0 Å². The lowest BCUT2D eigenvalue weighted by atomic mass is 10.0. The second-order valence-corrected chi connectivity index (χ2v) is 6.77. The quantitative estimate of drug-likeness (QED) is 0.645. The van der Waals surface area contributed by atoms with Gasteiger partial charge in [0.25, 0.3) is 0 Å². The first-order chi connectivity index (χ1) is 13.4.